The van der Waals surface area contributed by atoms with Crippen molar-refractivity contribution in [1.29, 1.82) is 10.5 Å². The Bertz CT molecular complexity index is 181. The first kappa shape index (κ1) is 8.04. The van der Waals surface area contributed by atoms with Gasteiger partial charge in [0, 0.05) is 13.2 Å². The van der Waals surface area contributed by atoms with Crippen molar-refractivity contribution in [1.82, 2.24) is 0 Å². The molecular formula is C8H10N2O. The Morgan fingerprint density at radius 3 is 2.64 bits per heavy atom. The van der Waals surface area contributed by atoms with Gasteiger partial charge in [0.15, 0.2) is 0 Å². The minimum atomic E-state index is -0.443. The van der Waals surface area contributed by atoms with Crippen LogP contribution in [0.5, 0.6) is 0 Å². The zero-order valence-corrected chi connectivity index (χ0v) is 6.29. The van der Waals surface area contributed by atoms with Crippen LogP contribution < -0.4 is 0 Å². The van der Waals surface area contributed by atoms with E-state index in [-0.39, 0.29) is 0 Å². The average Bonchev–Trinajstić information content (AvgIpc) is 2.52. The van der Waals surface area contributed by atoms with E-state index in [2.05, 4.69) is 0 Å². The zero-order valence-electron chi connectivity index (χ0n) is 6.29. The molecule has 1 aliphatic rings. The molecule has 0 aliphatic carbocycles. The van der Waals surface area contributed by atoms with Crippen LogP contribution in [0.1, 0.15) is 12.8 Å². The van der Waals surface area contributed by atoms with Crippen LogP contribution in [0, 0.1) is 34.5 Å². The molecule has 1 atom stereocenters. The van der Waals surface area contributed by atoms with E-state index in [1.165, 1.54) is 0 Å². The molecule has 0 amide bonds. The Morgan fingerprint density at radius 2 is 2.18 bits per heavy atom. The molecule has 0 radical (unpaired) electrons. The van der Waals surface area contributed by atoms with E-state index in [1.807, 2.05) is 12.1 Å². The molecule has 1 saturated heterocycles. The molecule has 3 heteroatoms. The van der Waals surface area contributed by atoms with Crippen molar-refractivity contribution in [2.24, 2.45) is 11.8 Å². The predicted molar refractivity (Wildman–Crippen MR) is 38.3 cm³/mol. The van der Waals surface area contributed by atoms with E-state index < -0.39 is 5.92 Å². The van der Waals surface area contributed by atoms with Gasteiger partial charge in [-0.25, -0.2) is 0 Å². The highest BCUT2D eigenvalue weighted by Gasteiger charge is 2.19. The maximum atomic E-state index is 8.47. The molecule has 1 fully saturated rings. The third kappa shape index (κ3) is 2.22. The monoisotopic (exact) mass is 150 g/mol. The topological polar surface area (TPSA) is 56.8 Å². The summed E-state index contributed by atoms with van der Waals surface area (Å²) in [4.78, 5) is 0. The Labute approximate surface area is 66.2 Å². The Balaban J connectivity index is 2.30. The van der Waals surface area contributed by atoms with Gasteiger partial charge in [-0.2, -0.15) is 10.5 Å². The van der Waals surface area contributed by atoms with E-state index >= 15 is 0 Å². The maximum absolute atomic E-state index is 8.47. The normalized spacial score (nSPS) is 23.0. The largest absolute Gasteiger partial charge is 0.381 e. The molecule has 58 valence electrons. The van der Waals surface area contributed by atoms with Crippen molar-refractivity contribution < 1.29 is 4.74 Å². The van der Waals surface area contributed by atoms with Gasteiger partial charge >= 0.3 is 0 Å². The number of rotatable bonds is 2. The molecule has 1 rings (SSSR count). The van der Waals surface area contributed by atoms with Crippen molar-refractivity contribution in [3.8, 4) is 12.1 Å². The van der Waals surface area contributed by atoms with Gasteiger partial charge in [0.25, 0.3) is 0 Å². The number of ether oxygens (including phenoxy) is 1. The van der Waals surface area contributed by atoms with E-state index in [9.17, 15) is 0 Å². The van der Waals surface area contributed by atoms with Gasteiger partial charge < -0.3 is 4.74 Å². The Morgan fingerprint density at radius 1 is 1.45 bits per heavy atom. The molecule has 0 saturated carbocycles. The van der Waals surface area contributed by atoms with Gasteiger partial charge in [0.2, 0.25) is 0 Å². The second-order valence-electron chi connectivity index (χ2n) is 2.78. The number of nitrogens with zero attached hydrogens (tertiary/aromatic N) is 2. The minimum Gasteiger partial charge on any atom is -0.381 e. The molecule has 0 aromatic heterocycles. The molecule has 1 unspecified atom stereocenters. The molecule has 1 aliphatic heterocycles. The molecule has 0 spiro atoms. The lowest BCUT2D eigenvalue weighted by molar-refractivity contribution is 0.183. The number of hydrogen-bond donors (Lipinski definition) is 0. The Hall–Kier alpha value is -1.06. The van der Waals surface area contributed by atoms with Crippen LogP contribution in [0.4, 0.5) is 0 Å². The first-order valence-corrected chi connectivity index (χ1v) is 3.73. The number of nitriles is 2. The first-order chi connectivity index (χ1) is 5.36. The van der Waals surface area contributed by atoms with Crippen molar-refractivity contribution in [3.05, 3.63) is 0 Å². The van der Waals surface area contributed by atoms with Crippen LogP contribution in [0.2, 0.25) is 0 Å². The second-order valence-corrected chi connectivity index (χ2v) is 2.78. The summed E-state index contributed by atoms with van der Waals surface area (Å²) < 4.78 is 5.13. The number of hydrogen-bond acceptors (Lipinski definition) is 3. The summed E-state index contributed by atoms with van der Waals surface area (Å²) in [6, 6.07) is 3.92. The molecule has 11 heavy (non-hydrogen) atoms. The smallest absolute Gasteiger partial charge is 0.133 e. The minimum absolute atomic E-state index is 0.430. The average molecular weight is 150 g/mol. The lowest BCUT2D eigenvalue weighted by atomic mass is 9.96. The van der Waals surface area contributed by atoms with E-state index in [4.69, 9.17) is 15.3 Å². The molecule has 0 N–H and O–H groups in total. The first-order valence-electron chi connectivity index (χ1n) is 3.73. The highest BCUT2D eigenvalue weighted by atomic mass is 16.5. The van der Waals surface area contributed by atoms with E-state index in [0.717, 1.165) is 19.6 Å². The van der Waals surface area contributed by atoms with Gasteiger partial charge in [-0.3, -0.25) is 0 Å². The van der Waals surface area contributed by atoms with Gasteiger partial charge in [0.05, 0.1) is 12.1 Å². The molecular weight excluding hydrogens is 140 g/mol. The highest BCUT2D eigenvalue weighted by molar-refractivity contribution is 4.99. The van der Waals surface area contributed by atoms with Gasteiger partial charge in [-0.1, -0.05) is 0 Å². The second kappa shape index (κ2) is 3.95. The third-order valence-corrected chi connectivity index (χ3v) is 1.90. The fraction of sp³-hybridized carbons (Fsp3) is 0.750. The molecule has 0 aromatic carbocycles. The summed E-state index contributed by atoms with van der Waals surface area (Å²) in [7, 11) is 0. The quantitative estimate of drug-likeness (QED) is 0.591. The molecule has 0 aromatic rings. The fourth-order valence-corrected chi connectivity index (χ4v) is 1.24. The van der Waals surface area contributed by atoms with Crippen LogP contribution in [-0.4, -0.2) is 13.2 Å². The fourth-order valence-electron chi connectivity index (χ4n) is 1.24. The standard InChI is InChI=1S/C8H10N2O/c9-4-8(5-10)3-7-1-2-11-6-7/h7-8H,1-3,6H2. The molecule has 3 nitrogen and oxygen atoms in total. The van der Waals surface area contributed by atoms with Crippen LogP contribution >= 0.6 is 0 Å². The van der Waals surface area contributed by atoms with Crippen LogP contribution in [0.25, 0.3) is 0 Å². The predicted octanol–water partition coefficient (Wildman–Crippen LogP) is 1.08. The van der Waals surface area contributed by atoms with Gasteiger partial charge in [0.1, 0.15) is 5.92 Å². The highest BCUT2D eigenvalue weighted by Crippen LogP contribution is 2.20. The van der Waals surface area contributed by atoms with E-state index in [1.54, 1.807) is 0 Å². The van der Waals surface area contributed by atoms with Gasteiger partial charge in [-0.15, -0.1) is 0 Å². The van der Waals surface area contributed by atoms with Crippen LogP contribution in [-0.2, 0) is 4.74 Å². The molecule has 1 heterocycles. The van der Waals surface area contributed by atoms with Crippen molar-refractivity contribution in [2.45, 2.75) is 12.8 Å². The summed E-state index contributed by atoms with van der Waals surface area (Å²) >= 11 is 0. The van der Waals surface area contributed by atoms with Crippen LogP contribution in [0.3, 0.4) is 0 Å². The lowest BCUT2D eigenvalue weighted by Crippen LogP contribution is -2.05. The SMILES string of the molecule is N#CC(C#N)CC1CCOC1. The van der Waals surface area contributed by atoms with Crippen molar-refractivity contribution >= 4 is 0 Å². The summed E-state index contributed by atoms with van der Waals surface area (Å²) in [6.45, 7) is 1.51. The Kier molecular flexibility index (Phi) is 2.89. The van der Waals surface area contributed by atoms with Crippen molar-refractivity contribution in [2.75, 3.05) is 13.2 Å². The maximum Gasteiger partial charge on any atom is 0.133 e. The molecule has 0 bridgehead atoms. The van der Waals surface area contributed by atoms with E-state index in [0.29, 0.717) is 12.3 Å². The van der Waals surface area contributed by atoms with Gasteiger partial charge in [-0.05, 0) is 18.8 Å². The summed E-state index contributed by atoms with van der Waals surface area (Å²) in [5, 5.41) is 16.9. The lowest BCUT2D eigenvalue weighted by Gasteiger charge is -2.05. The van der Waals surface area contributed by atoms with Crippen LogP contribution in [0.15, 0.2) is 0 Å². The summed E-state index contributed by atoms with van der Waals surface area (Å²) in [6.07, 6.45) is 1.67. The summed E-state index contributed by atoms with van der Waals surface area (Å²) in [5.41, 5.74) is 0. The zero-order chi connectivity index (χ0) is 8.10. The van der Waals surface area contributed by atoms with Crippen molar-refractivity contribution in [3.63, 3.8) is 0 Å². The third-order valence-electron chi connectivity index (χ3n) is 1.90. The summed E-state index contributed by atoms with van der Waals surface area (Å²) in [5.74, 6) is -0.0130.